The summed E-state index contributed by atoms with van der Waals surface area (Å²) in [6.07, 6.45) is 9.43. The van der Waals surface area contributed by atoms with Gasteiger partial charge in [-0.2, -0.15) is 5.10 Å². The topological polar surface area (TPSA) is 96.5 Å². The molecule has 3 aromatic rings. The highest BCUT2D eigenvalue weighted by atomic mass is 35.5. The van der Waals surface area contributed by atoms with Gasteiger partial charge in [0.25, 0.3) is 0 Å². The minimum Gasteiger partial charge on any atom is -0.305 e. The van der Waals surface area contributed by atoms with Gasteiger partial charge in [0.1, 0.15) is 0 Å². The van der Waals surface area contributed by atoms with E-state index in [1.807, 2.05) is 19.1 Å². The van der Waals surface area contributed by atoms with Crippen molar-refractivity contribution in [2.24, 2.45) is 0 Å². The Kier molecular flexibility index (Phi) is 4.62. The van der Waals surface area contributed by atoms with Crippen LogP contribution in [0, 0.1) is 6.92 Å². The number of aromatic amines is 1. The summed E-state index contributed by atoms with van der Waals surface area (Å²) in [7, 11) is 0. The van der Waals surface area contributed by atoms with Gasteiger partial charge in [-0.15, -0.1) is 0 Å². The molecule has 7 nitrogen and oxygen atoms in total. The maximum absolute atomic E-state index is 12.0. The van der Waals surface area contributed by atoms with Gasteiger partial charge in [0.2, 0.25) is 11.2 Å². The molecule has 0 aromatic carbocycles. The molecule has 8 heteroatoms. The first-order valence-corrected chi connectivity index (χ1v) is 7.43. The molecule has 0 saturated carbocycles. The van der Waals surface area contributed by atoms with Crippen LogP contribution in [0.1, 0.15) is 11.1 Å². The molecule has 24 heavy (non-hydrogen) atoms. The van der Waals surface area contributed by atoms with Crippen molar-refractivity contribution in [1.29, 1.82) is 0 Å². The summed E-state index contributed by atoms with van der Waals surface area (Å²) >= 11 is 5.61. The number of rotatable bonds is 4. The van der Waals surface area contributed by atoms with Gasteiger partial charge < -0.3 is 5.32 Å². The zero-order chi connectivity index (χ0) is 16.9. The summed E-state index contributed by atoms with van der Waals surface area (Å²) in [5.74, 6) is 0.171. The minimum absolute atomic E-state index is 0.160. The van der Waals surface area contributed by atoms with Crippen molar-refractivity contribution in [3.05, 3.63) is 59.4 Å². The molecule has 0 atom stereocenters. The van der Waals surface area contributed by atoms with Crippen LogP contribution >= 0.6 is 11.6 Å². The average Bonchev–Trinajstić information content (AvgIpc) is 2.96. The molecule has 2 N–H and O–H groups in total. The van der Waals surface area contributed by atoms with E-state index in [1.54, 1.807) is 18.5 Å². The van der Waals surface area contributed by atoms with Crippen LogP contribution in [0.4, 0.5) is 5.82 Å². The normalized spacial score (nSPS) is 10.9. The van der Waals surface area contributed by atoms with E-state index >= 15 is 0 Å². The summed E-state index contributed by atoms with van der Waals surface area (Å²) in [5.41, 5.74) is 3.30. The summed E-state index contributed by atoms with van der Waals surface area (Å²) in [6.45, 7) is 1.88. The first kappa shape index (κ1) is 15.8. The molecule has 1 amide bonds. The zero-order valence-corrected chi connectivity index (χ0v) is 13.4. The lowest BCUT2D eigenvalue weighted by Crippen LogP contribution is -2.09. The molecule has 0 spiro atoms. The molecule has 0 saturated heterocycles. The summed E-state index contributed by atoms with van der Waals surface area (Å²) in [5, 5.41) is 9.96. The van der Waals surface area contributed by atoms with Crippen molar-refractivity contribution in [3.8, 4) is 11.3 Å². The molecule has 3 aromatic heterocycles. The third-order valence-electron chi connectivity index (χ3n) is 3.29. The van der Waals surface area contributed by atoms with E-state index in [0.29, 0.717) is 11.4 Å². The molecule has 0 radical (unpaired) electrons. The first-order chi connectivity index (χ1) is 11.6. The Labute approximate surface area is 142 Å². The standard InChI is InChI=1S/C16H13ClN6O/c1-10-14(12-4-6-18-7-5-12)22-23-15(10)21-13(24)3-2-11-8-19-16(17)20-9-11/h2-9H,1H3,(H2,21,22,23,24). The highest BCUT2D eigenvalue weighted by molar-refractivity contribution is 6.28. The van der Waals surface area contributed by atoms with Crippen LogP contribution in [-0.2, 0) is 4.79 Å². The molecular formula is C16H13ClN6O. The molecule has 0 aliphatic heterocycles. The van der Waals surface area contributed by atoms with Crippen LogP contribution in [0.5, 0.6) is 0 Å². The van der Waals surface area contributed by atoms with Crippen LogP contribution in [0.2, 0.25) is 5.28 Å². The third kappa shape index (κ3) is 3.64. The Morgan fingerprint density at radius 1 is 1.25 bits per heavy atom. The monoisotopic (exact) mass is 340 g/mol. The predicted octanol–water partition coefficient (Wildman–Crippen LogP) is 2.88. The van der Waals surface area contributed by atoms with Crippen LogP contribution in [-0.4, -0.2) is 31.1 Å². The second kappa shape index (κ2) is 7.01. The fourth-order valence-electron chi connectivity index (χ4n) is 2.06. The number of anilines is 1. The van der Waals surface area contributed by atoms with Crippen molar-refractivity contribution < 1.29 is 4.79 Å². The Bertz CT molecular complexity index is 873. The van der Waals surface area contributed by atoms with Crippen LogP contribution in [0.15, 0.2) is 43.0 Å². The van der Waals surface area contributed by atoms with Crippen LogP contribution in [0.3, 0.4) is 0 Å². The smallest absolute Gasteiger partial charge is 0.249 e. The van der Waals surface area contributed by atoms with E-state index in [-0.39, 0.29) is 11.2 Å². The number of amides is 1. The quantitative estimate of drug-likeness (QED) is 0.562. The summed E-state index contributed by atoms with van der Waals surface area (Å²) in [4.78, 5) is 23.7. The minimum atomic E-state index is -0.305. The molecule has 3 heterocycles. The maximum Gasteiger partial charge on any atom is 0.249 e. The lowest BCUT2D eigenvalue weighted by atomic mass is 10.1. The number of hydrogen-bond acceptors (Lipinski definition) is 5. The SMILES string of the molecule is Cc1c(NC(=O)C=Cc2cnc(Cl)nc2)n[nH]c1-c1ccncc1. The Hall–Kier alpha value is -3.06. The highest BCUT2D eigenvalue weighted by Gasteiger charge is 2.11. The predicted molar refractivity (Wildman–Crippen MR) is 91.3 cm³/mol. The van der Waals surface area contributed by atoms with Gasteiger partial charge in [0, 0.05) is 47.6 Å². The number of halogens is 1. The number of pyridine rings is 1. The Morgan fingerprint density at radius 3 is 2.67 bits per heavy atom. The lowest BCUT2D eigenvalue weighted by Gasteiger charge is -2.01. The summed E-state index contributed by atoms with van der Waals surface area (Å²) in [6, 6.07) is 3.74. The van der Waals surface area contributed by atoms with E-state index in [1.165, 1.54) is 18.5 Å². The zero-order valence-electron chi connectivity index (χ0n) is 12.7. The van der Waals surface area contributed by atoms with E-state index < -0.39 is 0 Å². The van der Waals surface area contributed by atoms with Crippen molar-refractivity contribution in [2.45, 2.75) is 6.92 Å². The third-order valence-corrected chi connectivity index (χ3v) is 3.48. The van der Waals surface area contributed by atoms with E-state index in [2.05, 4.69) is 30.5 Å². The Morgan fingerprint density at radius 2 is 1.96 bits per heavy atom. The molecular weight excluding hydrogens is 328 g/mol. The van der Waals surface area contributed by atoms with Gasteiger partial charge in [-0.25, -0.2) is 9.97 Å². The van der Waals surface area contributed by atoms with Gasteiger partial charge in [0.15, 0.2) is 5.82 Å². The van der Waals surface area contributed by atoms with Gasteiger partial charge in [-0.3, -0.25) is 14.9 Å². The summed E-state index contributed by atoms with van der Waals surface area (Å²) < 4.78 is 0. The van der Waals surface area contributed by atoms with Gasteiger partial charge >= 0.3 is 0 Å². The average molecular weight is 341 g/mol. The van der Waals surface area contributed by atoms with Gasteiger partial charge in [0.05, 0.1) is 5.69 Å². The molecule has 0 aliphatic carbocycles. The van der Waals surface area contributed by atoms with E-state index in [4.69, 9.17) is 11.6 Å². The van der Waals surface area contributed by atoms with Crippen LogP contribution < -0.4 is 5.32 Å². The van der Waals surface area contributed by atoms with Crippen molar-refractivity contribution in [2.75, 3.05) is 5.32 Å². The van der Waals surface area contributed by atoms with Gasteiger partial charge in [-0.1, -0.05) is 0 Å². The molecule has 0 unspecified atom stereocenters. The number of nitrogens with zero attached hydrogens (tertiary/aromatic N) is 4. The second-order valence-electron chi connectivity index (χ2n) is 4.92. The lowest BCUT2D eigenvalue weighted by molar-refractivity contribution is -0.111. The highest BCUT2D eigenvalue weighted by Crippen LogP contribution is 2.25. The van der Waals surface area contributed by atoms with Crippen molar-refractivity contribution in [1.82, 2.24) is 25.1 Å². The largest absolute Gasteiger partial charge is 0.305 e. The second-order valence-corrected chi connectivity index (χ2v) is 5.25. The van der Waals surface area contributed by atoms with E-state index in [9.17, 15) is 4.79 Å². The first-order valence-electron chi connectivity index (χ1n) is 7.05. The van der Waals surface area contributed by atoms with Crippen LogP contribution in [0.25, 0.3) is 17.3 Å². The number of aromatic nitrogens is 5. The van der Waals surface area contributed by atoms with Crippen molar-refractivity contribution >= 4 is 29.4 Å². The molecule has 0 aliphatic rings. The fraction of sp³-hybridized carbons (Fsp3) is 0.0625. The maximum atomic E-state index is 12.0. The van der Waals surface area contributed by atoms with Gasteiger partial charge in [-0.05, 0) is 36.7 Å². The fourth-order valence-corrected chi connectivity index (χ4v) is 2.16. The molecule has 120 valence electrons. The number of H-pyrrole nitrogens is 1. The Balaban J connectivity index is 1.71. The number of nitrogens with one attached hydrogen (secondary N) is 2. The van der Waals surface area contributed by atoms with E-state index in [0.717, 1.165) is 16.8 Å². The molecule has 0 bridgehead atoms. The molecule has 0 fully saturated rings. The number of carbonyl (C=O) groups is 1. The van der Waals surface area contributed by atoms with Crippen molar-refractivity contribution in [3.63, 3.8) is 0 Å². The number of carbonyl (C=O) groups excluding carboxylic acids is 1. The molecule has 3 rings (SSSR count). The number of hydrogen-bond donors (Lipinski definition) is 2.